The summed E-state index contributed by atoms with van der Waals surface area (Å²) in [5.41, 5.74) is -1.05. The number of halogens is 3. The van der Waals surface area contributed by atoms with Crippen LogP contribution in [0.5, 0.6) is 0 Å². The van der Waals surface area contributed by atoms with E-state index in [0.717, 1.165) is 12.1 Å². The second-order valence-corrected chi connectivity index (χ2v) is 6.43. The predicted molar refractivity (Wildman–Crippen MR) is 94.6 cm³/mol. The van der Waals surface area contributed by atoms with Crippen LogP contribution in [0.3, 0.4) is 0 Å². The lowest BCUT2D eigenvalue weighted by Crippen LogP contribution is -2.39. The molecule has 0 aliphatic heterocycles. The zero-order chi connectivity index (χ0) is 19.9. The molecule has 0 aliphatic carbocycles. The van der Waals surface area contributed by atoms with Crippen LogP contribution in [-0.4, -0.2) is 48.5 Å². The normalized spacial score (nSPS) is 11.3. The number of benzene rings is 1. The van der Waals surface area contributed by atoms with E-state index in [2.05, 4.69) is 10.3 Å². The summed E-state index contributed by atoms with van der Waals surface area (Å²) < 4.78 is 43.6. The molecule has 6 nitrogen and oxygen atoms in total. The van der Waals surface area contributed by atoms with Gasteiger partial charge in [-0.3, -0.25) is 9.59 Å². The number of thiazole rings is 1. The van der Waals surface area contributed by atoms with Crippen LogP contribution in [0, 0.1) is 0 Å². The zero-order valence-electron chi connectivity index (χ0n) is 14.5. The molecule has 2 rings (SSSR count). The van der Waals surface area contributed by atoms with Gasteiger partial charge in [0.15, 0.2) is 5.13 Å². The van der Waals surface area contributed by atoms with E-state index in [4.69, 9.17) is 4.74 Å². The van der Waals surface area contributed by atoms with Gasteiger partial charge in [-0.1, -0.05) is 6.07 Å². The smallest absolute Gasteiger partial charge is 0.385 e. The van der Waals surface area contributed by atoms with Gasteiger partial charge >= 0.3 is 6.18 Å². The minimum atomic E-state index is -4.56. The maximum Gasteiger partial charge on any atom is 0.416 e. The van der Waals surface area contributed by atoms with Crippen molar-refractivity contribution in [1.82, 2.24) is 9.88 Å². The maximum atomic E-state index is 12.9. The lowest BCUT2D eigenvalue weighted by molar-refractivity contribution is -0.137. The minimum Gasteiger partial charge on any atom is -0.385 e. The monoisotopic (exact) mass is 401 g/mol. The number of amides is 2. The molecule has 0 fully saturated rings. The molecule has 0 spiro atoms. The third-order valence-electron chi connectivity index (χ3n) is 3.51. The van der Waals surface area contributed by atoms with Crippen molar-refractivity contribution in [2.75, 3.05) is 32.1 Å². The molecule has 0 aliphatic rings. The Labute approximate surface area is 158 Å². The Hall–Kier alpha value is -2.46. The number of carbonyl (C=O) groups excluding carboxylic acids is 2. The second-order valence-electron chi connectivity index (χ2n) is 5.54. The maximum absolute atomic E-state index is 12.9. The molecule has 0 saturated heterocycles. The van der Waals surface area contributed by atoms with Crippen molar-refractivity contribution >= 4 is 28.3 Å². The van der Waals surface area contributed by atoms with Crippen LogP contribution in [0.25, 0.3) is 0 Å². The average molecular weight is 401 g/mol. The number of aromatic nitrogens is 1. The summed E-state index contributed by atoms with van der Waals surface area (Å²) in [5.74, 6) is -1.14. The summed E-state index contributed by atoms with van der Waals surface area (Å²) in [5, 5.41) is 4.61. The van der Waals surface area contributed by atoms with E-state index in [-0.39, 0.29) is 18.7 Å². The Morgan fingerprint density at radius 2 is 2.11 bits per heavy atom. The Morgan fingerprint density at radius 3 is 2.74 bits per heavy atom. The molecule has 1 heterocycles. The van der Waals surface area contributed by atoms with Crippen LogP contribution in [-0.2, 0) is 15.7 Å². The molecule has 0 atom stereocenters. The van der Waals surface area contributed by atoms with Crippen LogP contribution >= 0.6 is 11.3 Å². The highest BCUT2D eigenvalue weighted by atomic mass is 32.1. The number of rotatable bonds is 8. The van der Waals surface area contributed by atoms with Crippen molar-refractivity contribution in [2.24, 2.45) is 0 Å². The number of nitrogens with zero attached hydrogens (tertiary/aromatic N) is 2. The van der Waals surface area contributed by atoms with Gasteiger partial charge in [-0.25, -0.2) is 4.98 Å². The summed E-state index contributed by atoms with van der Waals surface area (Å²) in [7, 11) is 1.49. The van der Waals surface area contributed by atoms with Gasteiger partial charge in [0.05, 0.1) is 5.56 Å². The molecular weight excluding hydrogens is 383 g/mol. The molecule has 1 aromatic carbocycles. The van der Waals surface area contributed by atoms with Crippen molar-refractivity contribution in [3.05, 3.63) is 47.0 Å². The second kappa shape index (κ2) is 9.47. The summed E-state index contributed by atoms with van der Waals surface area (Å²) in [6.07, 6.45) is -2.60. The van der Waals surface area contributed by atoms with Gasteiger partial charge in [0.2, 0.25) is 5.91 Å². The number of methoxy groups -OCH3 is 1. The molecule has 1 aromatic heterocycles. The molecule has 0 bridgehead atoms. The van der Waals surface area contributed by atoms with E-state index in [1.807, 2.05) is 0 Å². The topological polar surface area (TPSA) is 71.5 Å². The van der Waals surface area contributed by atoms with Crippen LogP contribution < -0.4 is 5.32 Å². The summed E-state index contributed by atoms with van der Waals surface area (Å²) in [6.45, 7) is 0.201. The van der Waals surface area contributed by atoms with E-state index >= 15 is 0 Å². The molecule has 1 N–H and O–H groups in total. The largest absolute Gasteiger partial charge is 0.416 e. The highest BCUT2D eigenvalue weighted by Gasteiger charge is 2.31. The molecular formula is C17H18F3N3O3S. The van der Waals surface area contributed by atoms with Crippen molar-refractivity contribution in [3.8, 4) is 0 Å². The fourth-order valence-electron chi connectivity index (χ4n) is 2.28. The summed E-state index contributed by atoms with van der Waals surface area (Å²) in [6, 6.07) is 4.13. The fourth-order valence-corrected chi connectivity index (χ4v) is 2.83. The zero-order valence-corrected chi connectivity index (χ0v) is 15.3. The Kier molecular flexibility index (Phi) is 7.31. The van der Waals surface area contributed by atoms with Crippen LogP contribution in [0.15, 0.2) is 35.8 Å². The van der Waals surface area contributed by atoms with E-state index in [9.17, 15) is 22.8 Å². The quantitative estimate of drug-likeness (QED) is 0.689. The number of hydrogen-bond acceptors (Lipinski definition) is 5. The predicted octanol–water partition coefficient (Wildman–Crippen LogP) is 3.28. The van der Waals surface area contributed by atoms with Crippen LogP contribution in [0.4, 0.5) is 18.3 Å². The lowest BCUT2D eigenvalue weighted by atomic mass is 10.1. The van der Waals surface area contributed by atoms with E-state index in [1.54, 1.807) is 5.38 Å². The number of hydrogen-bond donors (Lipinski definition) is 1. The first-order valence-electron chi connectivity index (χ1n) is 7.96. The number of anilines is 1. The number of nitrogens with one attached hydrogen (secondary N) is 1. The molecule has 2 amide bonds. The minimum absolute atomic E-state index is 0.135. The number of ether oxygens (including phenoxy) is 1. The van der Waals surface area contributed by atoms with Gasteiger partial charge in [-0.05, 0) is 24.6 Å². The van der Waals surface area contributed by atoms with Crippen molar-refractivity contribution < 1.29 is 27.5 Å². The van der Waals surface area contributed by atoms with Gasteiger partial charge in [-0.15, -0.1) is 11.3 Å². The number of carbonyl (C=O) groups is 2. The molecule has 2 aromatic rings. The van der Waals surface area contributed by atoms with Gasteiger partial charge < -0.3 is 15.0 Å². The summed E-state index contributed by atoms with van der Waals surface area (Å²) in [4.78, 5) is 30.0. The Bertz CT molecular complexity index is 766. The first-order valence-corrected chi connectivity index (χ1v) is 8.84. The standard InChI is InChI=1S/C17H18F3N3O3S/c1-26-8-3-7-23(11-14(24)22-16-21-6-9-27-16)15(25)12-4-2-5-13(10-12)17(18,19)20/h2,4-6,9-10H,3,7-8,11H2,1H3,(H,21,22,24). The Morgan fingerprint density at radius 1 is 1.33 bits per heavy atom. The van der Waals surface area contributed by atoms with Crippen molar-refractivity contribution in [3.63, 3.8) is 0 Å². The van der Waals surface area contributed by atoms with Gasteiger partial charge in [0.25, 0.3) is 5.91 Å². The van der Waals surface area contributed by atoms with Gasteiger partial charge in [0, 0.05) is 37.4 Å². The first kappa shape index (κ1) is 20.8. The third kappa shape index (κ3) is 6.33. The fraction of sp³-hybridized carbons (Fsp3) is 0.353. The molecule has 146 valence electrons. The number of alkyl halides is 3. The van der Waals surface area contributed by atoms with Crippen LogP contribution in [0.1, 0.15) is 22.3 Å². The highest BCUT2D eigenvalue weighted by molar-refractivity contribution is 7.13. The first-order chi connectivity index (χ1) is 12.8. The van der Waals surface area contributed by atoms with E-state index < -0.39 is 23.6 Å². The van der Waals surface area contributed by atoms with Crippen molar-refractivity contribution in [2.45, 2.75) is 12.6 Å². The molecule has 27 heavy (non-hydrogen) atoms. The van der Waals surface area contributed by atoms with Crippen molar-refractivity contribution in [1.29, 1.82) is 0 Å². The molecule has 0 saturated carbocycles. The van der Waals surface area contributed by atoms with Crippen LogP contribution in [0.2, 0.25) is 0 Å². The van der Waals surface area contributed by atoms with E-state index in [1.165, 1.54) is 41.7 Å². The Balaban J connectivity index is 2.14. The molecule has 0 radical (unpaired) electrons. The van der Waals surface area contributed by atoms with E-state index in [0.29, 0.717) is 18.2 Å². The van der Waals surface area contributed by atoms with Gasteiger partial charge in [0.1, 0.15) is 6.54 Å². The highest BCUT2D eigenvalue weighted by Crippen LogP contribution is 2.29. The lowest BCUT2D eigenvalue weighted by Gasteiger charge is -2.22. The average Bonchev–Trinajstić information content (AvgIpc) is 3.12. The summed E-state index contributed by atoms with van der Waals surface area (Å²) >= 11 is 1.22. The molecule has 10 heteroatoms. The third-order valence-corrected chi connectivity index (χ3v) is 4.20. The van der Waals surface area contributed by atoms with Gasteiger partial charge in [-0.2, -0.15) is 13.2 Å². The molecule has 0 unspecified atom stereocenters. The SMILES string of the molecule is COCCCN(CC(=O)Nc1nccs1)C(=O)c1cccc(C(F)(F)F)c1.